The number of amides is 1. The highest BCUT2D eigenvalue weighted by atomic mass is 19.1. The molecule has 2 aromatic carbocycles. The summed E-state index contributed by atoms with van der Waals surface area (Å²) in [6.45, 7) is 2.17. The van der Waals surface area contributed by atoms with E-state index in [4.69, 9.17) is 14.2 Å². The van der Waals surface area contributed by atoms with Crippen molar-refractivity contribution in [3.05, 3.63) is 76.1 Å². The summed E-state index contributed by atoms with van der Waals surface area (Å²) < 4.78 is 35.9. The van der Waals surface area contributed by atoms with Gasteiger partial charge in [-0.05, 0) is 62.9 Å². The maximum atomic E-state index is 15.0. The molecule has 1 amide bonds. The molecule has 2 aliphatic rings. The Labute approximate surface area is 224 Å². The van der Waals surface area contributed by atoms with E-state index in [1.54, 1.807) is 38.0 Å². The molecule has 39 heavy (non-hydrogen) atoms. The van der Waals surface area contributed by atoms with E-state index in [-0.39, 0.29) is 28.7 Å². The Morgan fingerprint density at radius 2 is 1.95 bits per heavy atom. The van der Waals surface area contributed by atoms with Crippen molar-refractivity contribution in [1.82, 2.24) is 14.3 Å². The van der Waals surface area contributed by atoms with Gasteiger partial charge in [-0.2, -0.15) is 0 Å². The van der Waals surface area contributed by atoms with E-state index in [9.17, 15) is 14.0 Å². The summed E-state index contributed by atoms with van der Waals surface area (Å²) in [6.07, 6.45) is 6.13. The Balaban J connectivity index is 1.15. The number of carbonyl (C=O) groups excluding carboxylic acids is 1. The van der Waals surface area contributed by atoms with Crippen LogP contribution in [0.15, 0.2) is 53.5 Å². The van der Waals surface area contributed by atoms with Gasteiger partial charge in [0.1, 0.15) is 23.7 Å². The van der Waals surface area contributed by atoms with E-state index < -0.39 is 17.3 Å². The molecule has 1 spiro atoms. The number of fused-ring (bicyclic) bond motifs is 1. The predicted molar refractivity (Wildman–Crippen MR) is 143 cm³/mol. The Morgan fingerprint density at radius 3 is 2.64 bits per heavy atom. The van der Waals surface area contributed by atoms with E-state index in [1.807, 2.05) is 18.2 Å². The summed E-state index contributed by atoms with van der Waals surface area (Å²) in [5.41, 5.74) is 1.08. The summed E-state index contributed by atoms with van der Waals surface area (Å²) in [7, 11) is 3.26. The summed E-state index contributed by atoms with van der Waals surface area (Å²) in [6, 6.07) is 11.3. The number of rotatable bonds is 7. The van der Waals surface area contributed by atoms with Crippen molar-refractivity contribution >= 4 is 22.5 Å². The molecule has 0 bridgehead atoms. The first kappa shape index (κ1) is 25.1. The van der Waals surface area contributed by atoms with E-state index in [0.717, 1.165) is 31.7 Å². The zero-order valence-corrected chi connectivity index (χ0v) is 22.0. The van der Waals surface area contributed by atoms with Gasteiger partial charge in [-0.15, -0.1) is 0 Å². The van der Waals surface area contributed by atoms with Crippen LogP contribution in [0.4, 0.5) is 10.1 Å². The lowest BCUT2D eigenvalue weighted by atomic mass is 10.2. The first-order valence-electron chi connectivity index (χ1n) is 12.9. The fourth-order valence-corrected chi connectivity index (χ4v) is 5.06. The number of benzene rings is 2. The summed E-state index contributed by atoms with van der Waals surface area (Å²) >= 11 is 0. The highest BCUT2D eigenvalue weighted by molar-refractivity contribution is 6.04. The number of halogens is 1. The minimum Gasteiger partial charge on any atom is -0.491 e. The molecule has 202 valence electrons. The second-order valence-electron chi connectivity index (χ2n) is 10.3. The molecular weight excluding hydrogens is 503 g/mol. The van der Waals surface area contributed by atoms with Crippen LogP contribution in [-0.2, 0) is 18.8 Å². The molecule has 0 radical (unpaired) electrons. The molecule has 2 fully saturated rings. The van der Waals surface area contributed by atoms with Crippen LogP contribution >= 0.6 is 0 Å². The van der Waals surface area contributed by atoms with E-state index in [2.05, 4.69) is 10.3 Å². The molecule has 10 heteroatoms. The van der Waals surface area contributed by atoms with Gasteiger partial charge in [-0.1, -0.05) is 0 Å². The van der Waals surface area contributed by atoms with E-state index in [0.29, 0.717) is 34.7 Å². The van der Waals surface area contributed by atoms with Crippen LogP contribution in [0.1, 0.15) is 41.7 Å². The Kier molecular flexibility index (Phi) is 6.14. The fourth-order valence-electron chi connectivity index (χ4n) is 5.06. The summed E-state index contributed by atoms with van der Waals surface area (Å²) in [5.74, 6) is -0.172. The number of ether oxygens (including phenoxy) is 3. The zero-order chi connectivity index (χ0) is 27.3. The quantitative estimate of drug-likeness (QED) is 0.365. The van der Waals surface area contributed by atoms with Crippen molar-refractivity contribution in [1.29, 1.82) is 0 Å². The monoisotopic (exact) mass is 532 g/mol. The molecule has 1 unspecified atom stereocenters. The topological polar surface area (TPSA) is 96.6 Å². The van der Waals surface area contributed by atoms with Crippen molar-refractivity contribution in [3.8, 4) is 17.2 Å². The third kappa shape index (κ3) is 4.76. The van der Waals surface area contributed by atoms with E-state index in [1.165, 1.54) is 16.8 Å². The van der Waals surface area contributed by atoms with Crippen molar-refractivity contribution in [2.75, 3.05) is 11.9 Å². The van der Waals surface area contributed by atoms with Crippen LogP contribution in [-0.4, -0.2) is 38.6 Å². The lowest BCUT2D eigenvalue weighted by Gasteiger charge is -2.14. The third-order valence-corrected chi connectivity index (χ3v) is 7.70. The van der Waals surface area contributed by atoms with Gasteiger partial charge in [-0.3, -0.25) is 23.9 Å². The molecule has 1 saturated heterocycles. The van der Waals surface area contributed by atoms with Gasteiger partial charge < -0.3 is 19.5 Å². The molecule has 1 saturated carbocycles. The molecule has 4 aromatic rings. The van der Waals surface area contributed by atoms with Gasteiger partial charge >= 0.3 is 0 Å². The Bertz CT molecular complexity index is 1660. The van der Waals surface area contributed by atoms with Crippen molar-refractivity contribution in [2.45, 2.75) is 44.3 Å². The standard InChI is InChI=1S/C29H29FN4O5/c1-17-26(28(36)34(3)33(17)2)27(35)32-18-4-7-25(22(30)14-18)38-24-9-13-31-23-15-19(5-6-21(23)24)37-16-20-8-10-29(39-20)11-12-29/h4-7,9,13-15,20H,8,10-12,16H2,1-3H3,(H,32,35). The second-order valence-corrected chi connectivity index (χ2v) is 10.3. The molecule has 1 atom stereocenters. The molecule has 3 heterocycles. The van der Waals surface area contributed by atoms with Crippen LogP contribution in [0.5, 0.6) is 17.2 Å². The number of nitrogens with one attached hydrogen (secondary N) is 1. The number of nitrogens with zero attached hydrogens (tertiary/aromatic N) is 3. The van der Waals surface area contributed by atoms with Gasteiger partial charge in [-0.25, -0.2) is 4.39 Å². The van der Waals surface area contributed by atoms with Crippen molar-refractivity contribution in [2.24, 2.45) is 14.1 Å². The minimum absolute atomic E-state index is 0.00920. The SMILES string of the molecule is Cc1c(C(=O)Nc2ccc(Oc3ccnc4cc(OCC5CCC6(CC6)O5)ccc34)c(F)c2)c(=O)n(C)n1C. The first-order chi connectivity index (χ1) is 18.7. The van der Waals surface area contributed by atoms with Gasteiger partial charge in [0.25, 0.3) is 11.5 Å². The molecular formula is C29H29FN4O5. The first-order valence-corrected chi connectivity index (χ1v) is 12.9. The van der Waals surface area contributed by atoms with Crippen molar-refractivity contribution in [3.63, 3.8) is 0 Å². The van der Waals surface area contributed by atoms with Crippen LogP contribution in [0.2, 0.25) is 0 Å². The number of hydrogen-bond acceptors (Lipinski definition) is 6. The normalized spacial score (nSPS) is 17.5. The van der Waals surface area contributed by atoms with Gasteiger partial charge in [0, 0.05) is 49.2 Å². The van der Waals surface area contributed by atoms with Gasteiger partial charge in [0.15, 0.2) is 11.6 Å². The Hall–Kier alpha value is -4.18. The molecule has 1 aliphatic carbocycles. The van der Waals surface area contributed by atoms with Crippen LogP contribution in [0.25, 0.3) is 10.9 Å². The minimum atomic E-state index is -0.666. The number of pyridine rings is 1. The highest BCUT2D eigenvalue weighted by Gasteiger charge is 2.49. The largest absolute Gasteiger partial charge is 0.491 e. The Morgan fingerprint density at radius 1 is 1.13 bits per heavy atom. The van der Waals surface area contributed by atoms with Crippen LogP contribution < -0.4 is 20.3 Å². The lowest BCUT2D eigenvalue weighted by Crippen LogP contribution is -2.24. The van der Waals surface area contributed by atoms with Crippen molar-refractivity contribution < 1.29 is 23.4 Å². The summed E-state index contributed by atoms with van der Waals surface area (Å²) in [4.78, 5) is 29.5. The van der Waals surface area contributed by atoms with E-state index >= 15 is 0 Å². The number of aromatic nitrogens is 3. The zero-order valence-electron chi connectivity index (χ0n) is 22.0. The number of anilines is 1. The predicted octanol–water partition coefficient (Wildman–Crippen LogP) is 4.85. The fraction of sp³-hybridized carbons (Fsp3) is 0.345. The maximum Gasteiger partial charge on any atom is 0.279 e. The smallest absolute Gasteiger partial charge is 0.279 e. The number of carbonyl (C=O) groups is 1. The van der Waals surface area contributed by atoms with Gasteiger partial charge in [0.05, 0.1) is 17.2 Å². The molecule has 1 aliphatic heterocycles. The average Bonchev–Trinajstić information content (AvgIpc) is 3.51. The maximum absolute atomic E-state index is 15.0. The molecule has 2 aromatic heterocycles. The molecule has 9 nitrogen and oxygen atoms in total. The average molecular weight is 533 g/mol. The number of hydrogen-bond donors (Lipinski definition) is 1. The van der Waals surface area contributed by atoms with Crippen LogP contribution in [0.3, 0.4) is 0 Å². The van der Waals surface area contributed by atoms with Gasteiger partial charge in [0.2, 0.25) is 0 Å². The lowest BCUT2D eigenvalue weighted by molar-refractivity contribution is 0.00383. The third-order valence-electron chi connectivity index (χ3n) is 7.70. The highest BCUT2D eigenvalue weighted by Crippen LogP contribution is 2.49. The molecule has 1 N–H and O–H groups in total. The molecule has 6 rings (SSSR count). The summed E-state index contributed by atoms with van der Waals surface area (Å²) in [5, 5.41) is 3.29. The van der Waals surface area contributed by atoms with Crippen LogP contribution in [0, 0.1) is 12.7 Å². The second kappa shape index (κ2) is 9.53.